The summed E-state index contributed by atoms with van der Waals surface area (Å²) in [5.41, 5.74) is 5.11. The van der Waals surface area contributed by atoms with Crippen LogP contribution in [0.15, 0.2) is 63.8 Å². The van der Waals surface area contributed by atoms with Crippen molar-refractivity contribution >= 4 is 16.7 Å². The van der Waals surface area contributed by atoms with Crippen molar-refractivity contribution in [3.63, 3.8) is 0 Å². The third-order valence-electron chi connectivity index (χ3n) is 5.32. The van der Waals surface area contributed by atoms with E-state index in [0.29, 0.717) is 28.0 Å². The van der Waals surface area contributed by atoms with Crippen molar-refractivity contribution in [2.45, 2.75) is 33.7 Å². The number of fused-ring (bicyclic) bond motifs is 1. The summed E-state index contributed by atoms with van der Waals surface area (Å²) >= 11 is 0. The van der Waals surface area contributed by atoms with Gasteiger partial charge in [0.05, 0.1) is 22.8 Å². The van der Waals surface area contributed by atoms with Crippen molar-refractivity contribution in [1.82, 2.24) is 4.98 Å². The quantitative estimate of drug-likeness (QED) is 0.420. The number of aromatic nitrogens is 1. The summed E-state index contributed by atoms with van der Waals surface area (Å²) in [6, 6.07) is 16.3. The molecule has 0 radical (unpaired) electrons. The first-order chi connectivity index (χ1) is 14.3. The average molecular weight is 402 g/mol. The Bertz CT molecular complexity index is 1300. The Hall–Kier alpha value is -3.47. The van der Waals surface area contributed by atoms with E-state index in [9.17, 15) is 9.18 Å². The van der Waals surface area contributed by atoms with Crippen molar-refractivity contribution in [3.8, 4) is 11.3 Å². The summed E-state index contributed by atoms with van der Waals surface area (Å²) in [5.74, 6) is 0.0608. The van der Waals surface area contributed by atoms with Gasteiger partial charge in [0.1, 0.15) is 11.3 Å². The van der Waals surface area contributed by atoms with E-state index in [0.717, 1.165) is 22.4 Å². The molecule has 1 atom stereocenters. The number of benzene rings is 2. The molecule has 5 heteroatoms. The molecule has 0 aliphatic rings. The number of nitrogens with one attached hydrogen (secondary N) is 1. The van der Waals surface area contributed by atoms with E-state index in [-0.39, 0.29) is 11.5 Å². The Balaban J connectivity index is 1.89. The lowest BCUT2D eigenvalue weighted by atomic mass is 9.99. The molecular formula is C25H23FN2O2. The van der Waals surface area contributed by atoms with Gasteiger partial charge in [-0.3, -0.25) is 4.79 Å². The minimum Gasteiger partial charge on any atom is -0.455 e. The number of nitrogens with zero attached hydrogens (tertiary/aromatic N) is 1. The number of aryl methyl sites for hydroxylation is 2. The highest BCUT2D eigenvalue weighted by atomic mass is 19.1. The Morgan fingerprint density at radius 3 is 2.47 bits per heavy atom. The van der Waals surface area contributed by atoms with Crippen molar-refractivity contribution in [2.24, 2.45) is 0 Å². The zero-order valence-corrected chi connectivity index (χ0v) is 17.4. The molecule has 1 N–H and O–H groups in total. The molecule has 2 heterocycles. The average Bonchev–Trinajstić information content (AvgIpc) is 2.73. The van der Waals surface area contributed by atoms with Crippen molar-refractivity contribution in [2.75, 3.05) is 5.32 Å². The van der Waals surface area contributed by atoms with Gasteiger partial charge in [-0.1, -0.05) is 36.4 Å². The van der Waals surface area contributed by atoms with Crippen LogP contribution in [0.2, 0.25) is 0 Å². The summed E-state index contributed by atoms with van der Waals surface area (Å²) in [5, 5.41) is 3.94. The second-order valence-corrected chi connectivity index (χ2v) is 7.62. The highest BCUT2D eigenvalue weighted by molar-refractivity contribution is 5.84. The molecule has 2 aromatic carbocycles. The lowest BCUT2D eigenvalue weighted by molar-refractivity contribution is 0.580. The first-order valence-electron chi connectivity index (χ1n) is 9.88. The first-order valence-corrected chi connectivity index (χ1v) is 9.88. The summed E-state index contributed by atoms with van der Waals surface area (Å²) in [6.07, 6.45) is 0. The van der Waals surface area contributed by atoms with Crippen molar-refractivity contribution < 1.29 is 8.81 Å². The summed E-state index contributed by atoms with van der Waals surface area (Å²) in [6.45, 7) is 7.49. The van der Waals surface area contributed by atoms with Crippen LogP contribution in [-0.2, 0) is 0 Å². The lowest BCUT2D eigenvalue weighted by Gasteiger charge is -2.19. The van der Waals surface area contributed by atoms with Gasteiger partial charge >= 0.3 is 0 Å². The number of halogens is 1. The number of rotatable bonds is 4. The zero-order chi connectivity index (χ0) is 21.4. The highest BCUT2D eigenvalue weighted by Crippen LogP contribution is 2.32. The maximum Gasteiger partial charge on any atom is 0.213 e. The van der Waals surface area contributed by atoms with E-state index in [2.05, 4.69) is 10.3 Å². The standard InChI is InChI=1S/C25H23FN2O2/c1-14-12-19(16(3)27-21-10-11-22(26)28-17(21)4)25-20(13-14)23(29)15(2)24(30-25)18-8-6-5-7-9-18/h5-13,16,27H,1-4H3. The molecule has 0 fully saturated rings. The minimum absolute atomic E-state index is 0.0353. The second kappa shape index (κ2) is 7.75. The Morgan fingerprint density at radius 1 is 1.03 bits per heavy atom. The van der Waals surface area contributed by atoms with Crippen LogP contribution in [0.5, 0.6) is 0 Å². The van der Waals surface area contributed by atoms with E-state index < -0.39 is 5.95 Å². The van der Waals surface area contributed by atoms with Crippen LogP contribution in [0.3, 0.4) is 0 Å². The Kier molecular flexibility index (Phi) is 5.12. The fourth-order valence-corrected chi connectivity index (χ4v) is 3.75. The fourth-order valence-electron chi connectivity index (χ4n) is 3.75. The maximum atomic E-state index is 13.4. The number of hydrogen-bond donors (Lipinski definition) is 1. The van der Waals surface area contributed by atoms with Crippen LogP contribution in [0.4, 0.5) is 10.1 Å². The van der Waals surface area contributed by atoms with Crippen LogP contribution >= 0.6 is 0 Å². The molecule has 0 aliphatic carbocycles. The first kappa shape index (κ1) is 19.8. The molecule has 0 spiro atoms. The smallest absolute Gasteiger partial charge is 0.213 e. The molecule has 4 nitrogen and oxygen atoms in total. The SMILES string of the molecule is Cc1cc(C(C)Nc2ccc(F)nc2C)c2oc(-c3ccccc3)c(C)c(=O)c2c1. The largest absolute Gasteiger partial charge is 0.455 e. The molecular weight excluding hydrogens is 379 g/mol. The predicted molar refractivity (Wildman–Crippen MR) is 118 cm³/mol. The molecule has 0 bridgehead atoms. The molecule has 4 aromatic rings. The molecule has 0 saturated heterocycles. The van der Waals surface area contributed by atoms with Gasteiger partial charge in [0.25, 0.3) is 0 Å². The third kappa shape index (κ3) is 3.59. The monoisotopic (exact) mass is 402 g/mol. The number of hydrogen-bond acceptors (Lipinski definition) is 4. The van der Waals surface area contributed by atoms with Gasteiger partial charge in [-0.15, -0.1) is 0 Å². The van der Waals surface area contributed by atoms with Gasteiger partial charge < -0.3 is 9.73 Å². The molecule has 2 aromatic heterocycles. The third-order valence-corrected chi connectivity index (χ3v) is 5.32. The molecule has 1 unspecified atom stereocenters. The number of anilines is 1. The van der Waals surface area contributed by atoms with Gasteiger partial charge in [0.15, 0.2) is 5.43 Å². The zero-order valence-electron chi connectivity index (χ0n) is 17.4. The van der Waals surface area contributed by atoms with Crippen molar-refractivity contribution in [1.29, 1.82) is 0 Å². The van der Waals surface area contributed by atoms with E-state index in [4.69, 9.17) is 4.42 Å². The Labute approximate surface area is 174 Å². The molecule has 30 heavy (non-hydrogen) atoms. The van der Waals surface area contributed by atoms with Gasteiger partial charge in [-0.25, -0.2) is 4.98 Å². The van der Waals surface area contributed by atoms with Crippen LogP contribution in [-0.4, -0.2) is 4.98 Å². The molecule has 4 rings (SSSR count). The fraction of sp³-hybridized carbons (Fsp3) is 0.200. The van der Waals surface area contributed by atoms with Crippen LogP contribution in [0, 0.1) is 26.7 Å². The van der Waals surface area contributed by atoms with Gasteiger partial charge in [0, 0.05) is 16.7 Å². The molecule has 0 aliphatic heterocycles. The lowest BCUT2D eigenvalue weighted by Crippen LogP contribution is -2.13. The van der Waals surface area contributed by atoms with Crippen LogP contribution in [0.25, 0.3) is 22.3 Å². The van der Waals surface area contributed by atoms with Crippen LogP contribution in [0.1, 0.15) is 35.3 Å². The Morgan fingerprint density at radius 2 is 1.77 bits per heavy atom. The van der Waals surface area contributed by atoms with Crippen molar-refractivity contribution in [3.05, 3.63) is 93.2 Å². The maximum absolute atomic E-state index is 13.4. The number of pyridine rings is 1. The van der Waals surface area contributed by atoms with E-state index in [1.165, 1.54) is 6.07 Å². The van der Waals surface area contributed by atoms with E-state index >= 15 is 0 Å². The van der Waals surface area contributed by atoms with Crippen LogP contribution < -0.4 is 10.7 Å². The molecule has 152 valence electrons. The normalized spacial score (nSPS) is 12.2. The topological polar surface area (TPSA) is 55.1 Å². The predicted octanol–water partition coefficient (Wildman–Crippen LogP) is 6.09. The summed E-state index contributed by atoms with van der Waals surface area (Å²) in [4.78, 5) is 17.0. The minimum atomic E-state index is -0.513. The summed E-state index contributed by atoms with van der Waals surface area (Å²) in [7, 11) is 0. The second-order valence-electron chi connectivity index (χ2n) is 7.62. The molecule has 0 saturated carbocycles. The van der Waals surface area contributed by atoms with E-state index in [1.54, 1.807) is 19.9 Å². The van der Waals surface area contributed by atoms with Gasteiger partial charge in [0.2, 0.25) is 5.95 Å². The van der Waals surface area contributed by atoms with E-state index in [1.807, 2.05) is 56.3 Å². The summed E-state index contributed by atoms with van der Waals surface area (Å²) < 4.78 is 19.7. The van der Waals surface area contributed by atoms with Gasteiger partial charge in [-0.05, 0) is 51.5 Å². The van der Waals surface area contributed by atoms with Gasteiger partial charge in [-0.2, -0.15) is 4.39 Å². The molecule has 0 amide bonds. The highest BCUT2D eigenvalue weighted by Gasteiger charge is 2.19.